The molecule has 8 heteroatoms. The van der Waals surface area contributed by atoms with Gasteiger partial charge < -0.3 is 10.6 Å². The predicted octanol–water partition coefficient (Wildman–Crippen LogP) is 4.22. The first-order valence-corrected chi connectivity index (χ1v) is 10.7. The van der Waals surface area contributed by atoms with Gasteiger partial charge in [0, 0.05) is 24.4 Å². The number of aryl methyl sites for hydroxylation is 1. The molecule has 0 radical (unpaired) electrons. The van der Waals surface area contributed by atoms with Gasteiger partial charge in [-0.3, -0.25) is 19.7 Å². The second kappa shape index (κ2) is 7.59. The lowest BCUT2D eigenvalue weighted by Gasteiger charge is -2.55. The molecule has 1 aromatic carbocycles. The van der Waals surface area contributed by atoms with Crippen LogP contribution in [0.4, 0.5) is 11.4 Å². The molecule has 0 spiro atoms. The van der Waals surface area contributed by atoms with Crippen molar-refractivity contribution in [3.8, 4) is 0 Å². The number of carbonyl (C=O) groups is 2. The normalized spacial score (nSPS) is 29.5. The van der Waals surface area contributed by atoms with E-state index in [1.54, 1.807) is 6.92 Å². The minimum absolute atomic E-state index is 0.0355. The second-order valence-electron chi connectivity index (χ2n) is 9.13. The summed E-state index contributed by atoms with van der Waals surface area (Å²) in [6.07, 6.45) is 6.93. The molecular formula is C21H26ClN3O4. The molecule has 0 atom stereocenters. The van der Waals surface area contributed by atoms with Gasteiger partial charge in [-0.1, -0.05) is 11.6 Å². The van der Waals surface area contributed by atoms with E-state index in [4.69, 9.17) is 11.6 Å². The quantitative estimate of drug-likeness (QED) is 0.532. The predicted molar refractivity (Wildman–Crippen MR) is 110 cm³/mol. The Morgan fingerprint density at radius 3 is 2.31 bits per heavy atom. The Bertz CT molecular complexity index is 834. The molecule has 7 nitrogen and oxygen atoms in total. The third-order valence-corrected chi connectivity index (χ3v) is 7.22. The van der Waals surface area contributed by atoms with Gasteiger partial charge in [0.15, 0.2) is 0 Å². The van der Waals surface area contributed by atoms with Gasteiger partial charge in [0.2, 0.25) is 11.8 Å². The summed E-state index contributed by atoms with van der Waals surface area (Å²) >= 11 is 5.88. The monoisotopic (exact) mass is 419 g/mol. The summed E-state index contributed by atoms with van der Waals surface area (Å²) in [5.74, 6) is 1.88. The molecule has 2 N–H and O–H groups in total. The van der Waals surface area contributed by atoms with Crippen LogP contribution in [0.15, 0.2) is 12.1 Å². The zero-order valence-corrected chi connectivity index (χ0v) is 17.3. The van der Waals surface area contributed by atoms with E-state index >= 15 is 0 Å². The molecule has 4 saturated carbocycles. The number of nitrogens with one attached hydrogen (secondary N) is 2. The van der Waals surface area contributed by atoms with Gasteiger partial charge >= 0.3 is 0 Å². The van der Waals surface area contributed by atoms with E-state index in [1.807, 2.05) is 0 Å². The van der Waals surface area contributed by atoms with E-state index in [1.165, 1.54) is 31.4 Å². The Morgan fingerprint density at radius 1 is 1.17 bits per heavy atom. The van der Waals surface area contributed by atoms with E-state index in [0.717, 1.165) is 19.3 Å². The van der Waals surface area contributed by atoms with E-state index in [0.29, 0.717) is 29.0 Å². The van der Waals surface area contributed by atoms with Crippen LogP contribution < -0.4 is 10.6 Å². The van der Waals surface area contributed by atoms with Crippen LogP contribution in [0.1, 0.15) is 50.5 Å². The molecule has 29 heavy (non-hydrogen) atoms. The Kier molecular flexibility index (Phi) is 5.27. The van der Waals surface area contributed by atoms with Crippen molar-refractivity contribution < 1.29 is 14.5 Å². The molecule has 0 aromatic heterocycles. The van der Waals surface area contributed by atoms with Gasteiger partial charge in [-0.2, -0.15) is 0 Å². The lowest BCUT2D eigenvalue weighted by molar-refractivity contribution is -0.384. The smallest absolute Gasteiger partial charge is 0.289 e. The summed E-state index contributed by atoms with van der Waals surface area (Å²) in [7, 11) is 0. The minimum atomic E-state index is -0.580. The lowest BCUT2D eigenvalue weighted by Crippen LogP contribution is -2.53. The number of anilines is 1. The number of benzene rings is 1. The summed E-state index contributed by atoms with van der Waals surface area (Å²) in [5, 5.41) is 16.7. The van der Waals surface area contributed by atoms with Crippen molar-refractivity contribution >= 4 is 34.8 Å². The maximum absolute atomic E-state index is 12.9. The van der Waals surface area contributed by atoms with Gasteiger partial charge in [0.1, 0.15) is 5.02 Å². The zero-order chi connectivity index (χ0) is 20.8. The van der Waals surface area contributed by atoms with E-state index in [-0.39, 0.29) is 40.9 Å². The van der Waals surface area contributed by atoms with Crippen LogP contribution >= 0.6 is 11.6 Å². The average Bonchev–Trinajstić information content (AvgIpc) is 2.62. The summed E-state index contributed by atoms with van der Waals surface area (Å²) in [4.78, 5) is 35.7. The maximum atomic E-state index is 12.9. The molecule has 2 amide bonds. The number of nitro groups is 1. The van der Waals surface area contributed by atoms with Gasteiger partial charge in [-0.15, -0.1) is 0 Å². The first kappa shape index (κ1) is 20.1. The number of nitro benzene ring substituents is 1. The van der Waals surface area contributed by atoms with Crippen LogP contribution in [0.5, 0.6) is 0 Å². The molecule has 0 heterocycles. The van der Waals surface area contributed by atoms with Gasteiger partial charge in [0.05, 0.1) is 10.6 Å². The fourth-order valence-electron chi connectivity index (χ4n) is 6.01. The molecule has 5 rings (SSSR count). The van der Waals surface area contributed by atoms with Crippen molar-refractivity contribution in [3.63, 3.8) is 0 Å². The number of hydrogen-bond donors (Lipinski definition) is 2. The van der Waals surface area contributed by atoms with Crippen molar-refractivity contribution in [2.24, 2.45) is 23.2 Å². The van der Waals surface area contributed by atoms with Crippen molar-refractivity contribution in [2.75, 3.05) is 11.9 Å². The van der Waals surface area contributed by atoms with Crippen LogP contribution in [0, 0.1) is 40.2 Å². The Balaban J connectivity index is 1.31. The highest BCUT2D eigenvalue weighted by atomic mass is 35.5. The molecule has 0 aliphatic heterocycles. The van der Waals surface area contributed by atoms with Gasteiger partial charge in [-0.25, -0.2) is 0 Å². The van der Waals surface area contributed by atoms with Crippen LogP contribution in [0.3, 0.4) is 0 Å². The van der Waals surface area contributed by atoms with Crippen LogP contribution in [-0.2, 0) is 9.59 Å². The molecule has 0 saturated heterocycles. The molecule has 4 aliphatic carbocycles. The molecule has 4 aliphatic rings. The third-order valence-electron chi connectivity index (χ3n) is 6.92. The molecule has 0 unspecified atom stereocenters. The van der Waals surface area contributed by atoms with Crippen LogP contribution in [-0.4, -0.2) is 23.3 Å². The fraction of sp³-hybridized carbons (Fsp3) is 0.619. The van der Waals surface area contributed by atoms with Gasteiger partial charge in [-0.05, 0) is 74.8 Å². The lowest BCUT2D eigenvalue weighted by atomic mass is 9.49. The number of rotatable bonds is 6. The van der Waals surface area contributed by atoms with Gasteiger partial charge in [0.25, 0.3) is 5.69 Å². The Labute approximate surface area is 174 Å². The third kappa shape index (κ3) is 3.97. The summed E-state index contributed by atoms with van der Waals surface area (Å²) in [6, 6.07) is 2.73. The molecule has 156 valence electrons. The second-order valence-corrected chi connectivity index (χ2v) is 9.53. The first-order chi connectivity index (χ1) is 13.8. The van der Waals surface area contributed by atoms with Crippen molar-refractivity contribution in [2.45, 2.75) is 51.9 Å². The number of amides is 2. The Hall–Kier alpha value is -2.15. The topological polar surface area (TPSA) is 101 Å². The van der Waals surface area contributed by atoms with Crippen molar-refractivity contribution in [1.82, 2.24) is 5.32 Å². The molecular weight excluding hydrogens is 394 g/mol. The fourth-order valence-corrected chi connectivity index (χ4v) is 6.30. The highest BCUT2D eigenvalue weighted by molar-refractivity contribution is 6.32. The first-order valence-electron chi connectivity index (χ1n) is 10.3. The summed E-state index contributed by atoms with van der Waals surface area (Å²) in [5.41, 5.74) is 0.534. The summed E-state index contributed by atoms with van der Waals surface area (Å²) in [6.45, 7) is 1.99. The number of halogens is 1. The zero-order valence-electron chi connectivity index (χ0n) is 16.5. The summed E-state index contributed by atoms with van der Waals surface area (Å²) < 4.78 is 0. The maximum Gasteiger partial charge on any atom is 0.289 e. The molecule has 4 bridgehead atoms. The van der Waals surface area contributed by atoms with E-state index in [2.05, 4.69) is 10.6 Å². The molecule has 1 aromatic rings. The average molecular weight is 420 g/mol. The van der Waals surface area contributed by atoms with Crippen LogP contribution in [0.25, 0.3) is 0 Å². The van der Waals surface area contributed by atoms with Crippen LogP contribution in [0.2, 0.25) is 5.02 Å². The highest BCUT2D eigenvalue weighted by Crippen LogP contribution is 2.60. The largest absolute Gasteiger partial charge is 0.355 e. The molecule has 4 fully saturated rings. The number of carbonyl (C=O) groups excluding carboxylic acids is 2. The Morgan fingerprint density at radius 2 is 1.76 bits per heavy atom. The number of hydrogen-bond acceptors (Lipinski definition) is 4. The van der Waals surface area contributed by atoms with E-state index < -0.39 is 4.92 Å². The SMILES string of the molecule is Cc1cc(Cl)c([N+](=O)[O-])cc1NC(=O)CCNC(=O)C12CC3CC(CC(C3)C1)C2. The standard InChI is InChI=1S/C21H26ClN3O4/c1-12-4-16(22)18(25(28)29)8-17(12)24-19(26)2-3-23-20(27)21-9-13-5-14(10-21)7-15(6-13)11-21/h4,8,13-15H,2-3,5-7,9-11H2,1H3,(H,23,27)(H,24,26). The van der Waals surface area contributed by atoms with E-state index in [9.17, 15) is 19.7 Å². The highest BCUT2D eigenvalue weighted by Gasteiger charge is 2.54. The van der Waals surface area contributed by atoms with Crippen molar-refractivity contribution in [1.29, 1.82) is 0 Å². The minimum Gasteiger partial charge on any atom is -0.355 e. The van der Waals surface area contributed by atoms with Crippen molar-refractivity contribution in [3.05, 3.63) is 32.8 Å². The number of nitrogens with zero attached hydrogens (tertiary/aromatic N) is 1.